The minimum Gasteiger partial charge on any atom is -0.264 e. The highest BCUT2D eigenvalue weighted by Crippen LogP contribution is 2.56. The smallest absolute Gasteiger partial charge is 0.160 e. The molecule has 7 aromatic carbocycles. The molecule has 4 heteroatoms. The van der Waals surface area contributed by atoms with Gasteiger partial charge in [-0.05, 0) is 122 Å². The average molecular weight is 795 g/mol. The zero-order valence-electron chi connectivity index (χ0n) is 34.3. The van der Waals surface area contributed by atoms with E-state index >= 15 is 0 Å². The number of aromatic nitrogens is 3. The Kier molecular flexibility index (Phi) is 9.44. The van der Waals surface area contributed by atoms with Crippen LogP contribution in [0.5, 0.6) is 0 Å². The number of nitriles is 1. The van der Waals surface area contributed by atoms with Crippen LogP contribution in [0.2, 0.25) is 0 Å². The van der Waals surface area contributed by atoms with Gasteiger partial charge < -0.3 is 0 Å². The van der Waals surface area contributed by atoms with Gasteiger partial charge in [0, 0.05) is 34.5 Å². The van der Waals surface area contributed by atoms with Crippen LogP contribution < -0.4 is 0 Å². The van der Waals surface area contributed by atoms with Crippen LogP contribution in [0, 0.1) is 11.3 Å². The van der Waals surface area contributed by atoms with Crippen LogP contribution in [0.1, 0.15) is 48.8 Å². The number of hydrogen-bond acceptors (Lipinski definition) is 4. The summed E-state index contributed by atoms with van der Waals surface area (Å²) in [7, 11) is 0. The van der Waals surface area contributed by atoms with Crippen molar-refractivity contribution in [3.63, 3.8) is 0 Å². The van der Waals surface area contributed by atoms with Crippen molar-refractivity contribution >= 4 is 0 Å². The van der Waals surface area contributed by atoms with Crippen LogP contribution in [0.15, 0.2) is 194 Å². The van der Waals surface area contributed by atoms with Crippen molar-refractivity contribution in [1.29, 1.82) is 5.26 Å². The van der Waals surface area contributed by atoms with Gasteiger partial charge in [-0.2, -0.15) is 5.26 Å². The molecule has 0 bridgehead atoms. The molecule has 11 rings (SSSR count). The lowest BCUT2D eigenvalue weighted by Crippen LogP contribution is -2.28. The number of benzene rings is 7. The van der Waals surface area contributed by atoms with Gasteiger partial charge in [0.15, 0.2) is 5.82 Å². The normalized spacial score (nSPS) is 13.6. The van der Waals surface area contributed by atoms with Crippen LogP contribution in [0.4, 0.5) is 0 Å². The molecule has 2 heterocycles. The molecule has 62 heavy (non-hydrogen) atoms. The van der Waals surface area contributed by atoms with E-state index in [-0.39, 0.29) is 5.41 Å². The fourth-order valence-corrected chi connectivity index (χ4v) is 9.86. The third-order valence-electron chi connectivity index (χ3n) is 13.0. The Labute approximate surface area is 362 Å². The predicted molar refractivity (Wildman–Crippen MR) is 252 cm³/mol. The molecule has 0 amide bonds. The third kappa shape index (κ3) is 6.79. The fourth-order valence-electron chi connectivity index (χ4n) is 9.86. The summed E-state index contributed by atoms with van der Waals surface area (Å²) in [6.07, 6.45) is 9.76. The Morgan fingerprint density at radius 2 is 0.952 bits per heavy atom. The first-order valence-electron chi connectivity index (χ1n) is 21.6. The molecule has 2 aliphatic carbocycles. The van der Waals surface area contributed by atoms with Crippen molar-refractivity contribution in [2.24, 2.45) is 0 Å². The molecule has 0 N–H and O–H groups in total. The maximum Gasteiger partial charge on any atom is 0.160 e. The minimum atomic E-state index is 0.0294. The first-order chi connectivity index (χ1) is 30.6. The number of fused-ring (bicyclic) bond motifs is 5. The third-order valence-corrected chi connectivity index (χ3v) is 13.0. The van der Waals surface area contributed by atoms with E-state index in [9.17, 15) is 5.26 Å². The molecule has 2 aromatic heterocycles. The van der Waals surface area contributed by atoms with Gasteiger partial charge in [-0.15, -0.1) is 0 Å². The molecule has 9 aromatic rings. The molecule has 0 unspecified atom stereocenters. The quantitative estimate of drug-likeness (QED) is 0.161. The van der Waals surface area contributed by atoms with Gasteiger partial charge >= 0.3 is 0 Å². The second kappa shape index (κ2) is 15.7. The summed E-state index contributed by atoms with van der Waals surface area (Å²) in [4.78, 5) is 14.4. The van der Waals surface area contributed by atoms with Crippen LogP contribution >= 0.6 is 0 Å². The van der Waals surface area contributed by atoms with Crippen LogP contribution in [0.3, 0.4) is 0 Å². The Morgan fingerprint density at radius 1 is 0.403 bits per heavy atom. The lowest BCUT2D eigenvalue weighted by molar-refractivity contribution is 0.353. The SMILES string of the molecule is N#Cc1ccc2c(c1)-c1ccc(-c3cccc(-c4cccc(-c5ccc(-c6cc(-c7ccc(-c8cccnc8)cc7)nc(-c7ccccc7)n6)cc5)c4)c3)cc1C21CCCCC1. The summed E-state index contributed by atoms with van der Waals surface area (Å²) in [6.45, 7) is 0. The summed E-state index contributed by atoms with van der Waals surface area (Å²) < 4.78 is 0. The van der Waals surface area contributed by atoms with E-state index in [4.69, 9.17) is 9.97 Å². The van der Waals surface area contributed by atoms with E-state index in [1.54, 1.807) is 6.20 Å². The molecule has 0 radical (unpaired) electrons. The second-order valence-electron chi connectivity index (χ2n) is 16.7. The van der Waals surface area contributed by atoms with Crippen molar-refractivity contribution in [3.05, 3.63) is 211 Å². The summed E-state index contributed by atoms with van der Waals surface area (Å²) in [5.41, 5.74) is 20.2. The van der Waals surface area contributed by atoms with E-state index in [0.717, 1.165) is 68.7 Å². The van der Waals surface area contributed by atoms with E-state index in [0.29, 0.717) is 5.82 Å². The Morgan fingerprint density at radius 3 is 1.56 bits per heavy atom. The van der Waals surface area contributed by atoms with Crippen molar-refractivity contribution in [1.82, 2.24) is 15.0 Å². The van der Waals surface area contributed by atoms with Crippen molar-refractivity contribution in [2.75, 3.05) is 0 Å². The molecule has 0 saturated heterocycles. The molecule has 1 saturated carbocycles. The Hall–Kier alpha value is -7.74. The molecule has 0 aliphatic heterocycles. The van der Waals surface area contributed by atoms with Gasteiger partial charge in [-0.25, -0.2) is 9.97 Å². The van der Waals surface area contributed by atoms with Gasteiger partial charge in [0.1, 0.15) is 0 Å². The Bertz CT molecular complexity index is 3140. The predicted octanol–water partition coefficient (Wildman–Crippen LogP) is 14.6. The zero-order valence-corrected chi connectivity index (χ0v) is 34.3. The minimum absolute atomic E-state index is 0.0294. The summed E-state index contributed by atoms with van der Waals surface area (Å²) in [6, 6.07) is 67.1. The van der Waals surface area contributed by atoms with Crippen molar-refractivity contribution in [2.45, 2.75) is 37.5 Å². The highest BCUT2D eigenvalue weighted by Gasteiger charge is 2.43. The molecule has 294 valence electrons. The van der Waals surface area contributed by atoms with Gasteiger partial charge in [-0.3, -0.25) is 4.98 Å². The summed E-state index contributed by atoms with van der Waals surface area (Å²) in [5.74, 6) is 0.695. The van der Waals surface area contributed by atoms with Crippen LogP contribution in [-0.4, -0.2) is 15.0 Å². The van der Waals surface area contributed by atoms with Crippen molar-refractivity contribution < 1.29 is 0 Å². The van der Waals surface area contributed by atoms with Gasteiger partial charge in [0.25, 0.3) is 0 Å². The van der Waals surface area contributed by atoms with E-state index in [1.165, 1.54) is 63.8 Å². The first-order valence-corrected chi connectivity index (χ1v) is 21.6. The summed E-state index contributed by atoms with van der Waals surface area (Å²) in [5, 5.41) is 9.73. The fraction of sp³-hybridized carbons (Fsp3) is 0.103. The average Bonchev–Trinajstić information content (AvgIpc) is 3.61. The maximum absolute atomic E-state index is 9.73. The standard InChI is InChI=1S/C58H42N4/c59-37-39-17-28-53-52(32-39)51-27-26-49(35-54(51)58(53)29-5-2-6-30-58)48-15-8-14-47(34-48)46-13-7-12-45(33-46)40-18-22-42(23-19-40)55-36-56(62-57(61-55)44-10-3-1-4-11-44)43-24-20-41(21-25-43)50-16-9-31-60-38-50/h1,3-4,7-28,31-36,38H,2,5-6,29-30H2. The van der Waals surface area contributed by atoms with Crippen LogP contribution in [-0.2, 0) is 5.41 Å². The number of pyridine rings is 1. The molecular weight excluding hydrogens is 753 g/mol. The maximum atomic E-state index is 9.73. The lowest BCUT2D eigenvalue weighted by atomic mass is 9.67. The molecule has 1 spiro atoms. The monoisotopic (exact) mass is 794 g/mol. The lowest BCUT2D eigenvalue weighted by Gasteiger charge is -2.36. The Balaban J connectivity index is 0.892. The van der Waals surface area contributed by atoms with Gasteiger partial charge in [0.2, 0.25) is 0 Å². The highest BCUT2D eigenvalue weighted by molar-refractivity contribution is 5.86. The summed E-state index contributed by atoms with van der Waals surface area (Å²) >= 11 is 0. The van der Waals surface area contributed by atoms with Gasteiger partial charge in [0.05, 0.1) is 23.0 Å². The molecular formula is C58H42N4. The van der Waals surface area contributed by atoms with E-state index in [1.807, 2.05) is 36.5 Å². The molecule has 2 aliphatic rings. The highest BCUT2D eigenvalue weighted by atomic mass is 14.9. The molecule has 1 fully saturated rings. The molecule has 4 nitrogen and oxygen atoms in total. The zero-order chi connectivity index (χ0) is 41.5. The number of nitrogens with zero attached hydrogens (tertiary/aromatic N) is 4. The number of rotatable bonds is 7. The molecule has 0 atom stereocenters. The topological polar surface area (TPSA) is 62.5 Å². The van der Waals surface area contributed by atoms with E-state index in [2.05, 4.69) is 163 Å². The number of hydrogen-bond donors (Lipinski definition) is 0. The van der Waals surface area contributed by atoms with Crippen LogP contribution in [0.25, 0.3) is 89.5 Å². The van der Waals surface area contributed by atoms with Gasteiger partial charge in [-0.1, -0.05) is 159 Å². The van der Waals surface area contributed by atoms with E-state index < -0.39 is 0 Å². The second-order valence-corrected chi connectivity index (χ2v) is 16.7. The first kappa shape index (κ1) is 37.3. The van der Waals surface area contributed by atoms with Crippen molar-refractivity contribution in [3.8, 4) is 95.6 Å². The largest absolute Gasteiger partial charge is 0.264 e.